The molecular formula is C11H19NO2S. The predicted molar refractivity (Wildman–Crippen MR) is 63.4 cm³/mol. The Hall–Kier alpha value is -0.420. The van der Waals surface area contributed by atoms with Crippen LogP contribution in [0.5, 0.6) is 0 Å². The molecule has 0 spiro atoms. The number of ether oxygens (including phenoxy) is 1. The van der Waals surface area contributed by atoms with Gasteiger partial charge in [0.25, 0.3) is 0 Å². The van der Waals surface area contributed by atoms with Gasteiger partial charge < -0.3 is 15.2 Å². The highest BCUT2D eigenvalue weighted by Crippen LogP contribution is 2.28. The van der Waals surface area contributed by atoms with Crippen molar-refractivity contribution in [2.45, 2.75) is 19.4 Å². The molecular weight excluding hydrogens is 210 g/mol. The molecule has 1 rings (SSSR count). The number of thiophene rings is 1. The van der Waals surface area contributed by atoms with Gasteiger partial charge in [-0.2, -0.15) is 0 Å². The van der Waals surface area contributed by atoms with Crippen molar-refractivity contribution in [2.75, 3.05) is 26.8 Å². The van der Waals surface area contributed by atoms with E-state index in [2.05, 4.69) is 5.32 Å². The van der Waals surface area contributed by atoms with Gasteiger partial charge in [-0.05, 0) is 30.9 Å². The lowest BCUT2D eigenvalue weighted by Gasteiger charge is -2.23. The summed E-state index contributed by atoms with van der Waals surface area (Å²) >= 11 is 1.60. The Morgan fingerprint density at radius 1 is 1.60 bits per heavy atom. The fraction of sp³-hybridized carbons (Fsp3) is 0.636. The molecule has 1 unspecified atom stereocenters. The smallest absolute Gasteiger partial charge is 0.109 e. The highest BCUT2D eigenvalue weighted by atomic mass is 32.1. The quantitative estimate of drug-likeness (QED) is 0.726. The van der Waals surface area contributed by atoms with Crippen LogP contribution in [-0.4, -0.2) is 31.9 Å². The van der Waals surface area contributed by atoms with Gasteiger partial charge in [-0.15, -0.1) is 11.3 Å². The molecule has 0 aromatic carbocycles. The molecule has 0 saturated heterocycles. The second kappa shape index (κ2) is 5.61. The van der Waals surface area contributed by atoms with E-state index in [0.29, 0.717) is 13.2 Å². The first-order valence-corrected chi connectivity index (χ1v) is 5.92. The van der Waals surface area contributed by atoms with Crippen LogP contribution in [0, 0.1) is 6.92 Å². The van der Waals surface area contributed by atoms with E-state index < -0.39 is 5.60 Å². The molecule has 0 bridgehead atoms. The maximum Gasteiger partial charge on any atom is 0.109 e. The zero-order chi connectivity index (χ0) is 11.3. The van der Waals surface area contributed by atoms with Gasteiger partial charge in [0.2, 0.25) is 0 Å². The molecule has 1 atom stereocenters. The predicted octanol–water partition coefficient (Wildman–Crippen LogP) is 1.50. The number of nitrogens with one attached hydrogen (secondary N) is 1. The summed E-state index contributed by atoms with van der Waals surface area (Å²) in [5, 5.41) is 15.4. The molecule has 86 valence electrons. The van der Waals surface area contributed by atoms with Gasteiger partial charge in [-0.25, -0.2) is 0 Å². The van der Waals surface area contributed by atoms with E-state index in [4.69, 9.17) is 4.74 Å². The second-order valence-electron chi connectivity index (χ2n) is 3.88. The normalized spacial score (nSPS) is 15.2. The van der Waals surface area contributed by atoms with E-state index in [0.717, 1.165) is 17.0 Å². The van der Waals surface area contributed by atoms with Crippen molar-refractivity contribution < 1.29 is 9.84 Å². The minimum atomic E-state index is -0.786. The van der Waals surface area contributed by atoms with Gasteiger partial charge in [-0.3, -0.25) is 0 Å². The topological polar surface area (TPSA) is 41.5 Å². The molecule has 0 aliphatic carbocycles. The Labute approximate surface area is 95.1 Å². The molecule has 1 heterocycles. The summed E-state index contributed by atoms with van der Waals surface area (Å²) in [6.07, 6.45) is 0. The SMILES string of the molecule is COCCNCC(C)(O)c1sccc1C. The van der Waals surface area contributed by atoms with E-state index in [1.165, 1.54) is 0 Å². The fourth-order valence-electron chi connectivity index (χ4n) is 1.51. The van der Waals surface area contributed by atoms with Gasteiger partial charge in [0.15, 0.2) is 0 Å². The number of methoxy groups -OCH3 is 1. The summed E-state index contributed by atoms with van der Waals surface area (Å²) in [7, 11) is 1.67. The molecule has 1 aromatic rings. The second-order valence-corrected chi connectivity index (χ2v) is 4.79. The van der Waals surface area contributed by atoms with Crippen LogP contribution >= 0.6 is 11.3 Å². The lowest BCUT2D eigenvalue weighted by atomic mass is 10.0. The van der Waals surface area contributed by atoms with Crippen molar-refractivity contribution in [3.63, 3.8) is 0 Å². The summed E-state index contributed by atoms with van der Waals surface area (Å²) in [4.78, 5) is 1.03. The van der Waals surface area contributed by atoms with Crippen LogP contribution in [-0.2, 0) is 10.3 Å². The van der Waals surface area contributed by atoms with Crippen molar-refractivity contribution in [3.05, 3.63) is 21.9 Å². The Morgan fingerprint density at radius 2 is 2.33 bits per heavy atom. The van der Waals surface area contributed by atoms with Gasteiger partial charge >= 0.3 is 0 Å². The zero-order valence-electron chi connectivity index (χ0n) is 9.54. The molecule has 2 N–H and O–H groups in total. The third-order valence-corrected chi connectivity index (χ3v) is 3.57. The minimum absolute atomic E-state index is 0.553. The van der Waals surface area contributed by atoms with Gasteiger partial charge in [0, 0.05) is 25.1 Å². The molecule has 15 heavy (non-hydrogen) atoms. The fourth-order valence-corrected chi connectivity index (χ4v) is 2.50. The van der Waals surface area contributed by atoms with Crippen LogP contribution in [0.2, 0.25) is 0 Å². The first-order valence-electron chi connectivity index (χ1n) is 5.04. The highest BCUT2D eigenvalue weighted by Gasteiger charge is 2.25. The number of rotatable bonds is 6. The van der Waals surface area contributed by atoms with E-state index in [-0.39, 0.29) is 0 Å². The molecule has 0 radical (unpaired) electrons. The minimum Gasteiger partial charge on any atom is -0.383 e. The molecule has 0 saturated carbocycles. The van der Waals surface area contributed by atoms with E-state index in [1.54, 1.807) is 18.4 Å². The van der Waals surface area contributed by atoms with Crippen molar-refractivity contribution in [3.8, 4) is 0 Å². The third kappa shape index (κ3) is 3.57. The molecule has 3 nitrogen and oxygen atoms in total. The molecule has 1 aromatic heterocycles. The van der Waals surface area contributed by atoms with Crippen molar-refractivity contribution in [2.24, 2.45) is 0 Å². The van der Waals surface area contributed by atoms with Gasteiger partial charge in [0.1, 0.15) is 5.60 Å². The maximum absolute atomic E-state index is 10.3. The Morgan fingerprint density at radius 3 is 2.87 bits per heavy atom. The van der Waals surface area contributed by atoms with Crippen molar-refractivity contribution in [1.82, 2.24) is 5.32 Å². The Bertz CT molecular complexity index is 297. The number of aliphatic hydroxyl groups is 1. The number of aryl methyl sites for hydroxylation is 1. The van der Waals surface area contributed by atoms with E-state index in [9.17, 15) is 5.11 Å². The van der Waals surface area contributed by atoms with Crippen LogP contribution in [0.25, 0.3) is 0 Å². The number of hydrogen-bond acceptors (Lipinski definition) is 4. The van der Waals surface area contributed by atoms with Crippen LogP contribution < -0.4 is 5.32 Å². The molecule has 0 aliphatic rings. The monoisotopic (exact) mass is 229 g/mol. The largest absolute Gasteiger partial charge is 0.383 e. The summed E-state index contributed by atoms with van der Waals surface area (Å²) in [5.74, 6) is 0. The van der Waals surface area contributed by atoms with Crippen molar-refractivity contribution in [1.29, 1.82) is 0 Å². The van der Waals surface area contributed by atoms with Crippen LogP contribution in [0.15, 0.2) is 11.4 Å². The van der Waals surface area contributed by atoms with Gasteiger partial charge in [-0.1, -0.05) is 0 Å². The third-order valence-electron chi connectivity index (χ3n) is 2.30. The highest BCUT2D eigenvalue weighted by molar-refractivity contribution is 7.10. The summed E-state index contributed by atoms with van der Waals surface area (Å²) in [6.45, 7) is 5.84. The Kier molecular flexibility index (Phi) is 4.73. The first kappa shape index (κ1) is 12.6. The molecule has 0 aliphatic heterocycles. The van der Waals surface area contributed by atoms with Crippen LogP contribution in [0.4, 0.5) is 0 Å². The summed E-state index contributed by atoms with van der Waals surface area (Å²) in [5.41, 5.74) is 0.366. The zero-order valence-corrected chi connectivity index (χ0v) is 10.4. The summed E-state index contributed by atoms with van der Waals surface area (Å²) < 4.78 is 4.93. The maximum atomic E-state index is 10.3. The van der Waals surface area contributed by atoms with E-state index in [1.807, 2.05) is 25.3 Å². The van der Waals surface area contributed by atoms with Gasteiger partial charge in [0.05, 0.1) is 6.61 Å². The molecule has 4 heteroatoms. The average Bonchev–Trinajstić information content (AvgIpc) is 2.60. The first-order chi connectivity index (χ1) is 7.08. The summed E-state index contributed by atoms with van der Waals surface area (Å²) in [6, 6.07) is 2.03. The van der Waals surface area contributed by atoms with Crippen LogP contribution in [0.3, 0.4) is 0 Å². The van der Waals surface area contributed by atoms with E-state index >= 15 is 0 Å². The molecule has 0 amide bonds. The average molecular weight is 229 g/mol. The lowest BCUT2D eigenvalue weighted by Crippen LogP contribution is -2.36. The number of hydrogen-bond donors (Lipinski definition) is 2. The van der Waals surface area contributed by atoms with Crippen LogP contribution in [0.1, 0.15) is 17.4 Å². The standard InChI is InChI=1S/C11H19NO2S/c1-9-4-7-15-10(9)11(2,13)8-12-5-6-14-3/h4,7,12-13H,5-6,8H2,1-3H3. The lowest BCUT2D eigenvalue weighted by molar-refractivity contribution is 0.0581. The van der Waals surface area contributed by atoms with Crippen molar-refractivity contribution >= 4 is 11.3 Å². The molecule has 0 fully saturated rings. The Balaban J connectivity index is 2.48.